The van der Waals surface area contributed by atoms with Gasteiger partial charge in [-0.3, -0.25) is 9.11 Å². The fourth-order valence-corrected chi connectivity index (χ4v) is 0.215. The molecule has 0 amide bonds. The number of nitrogens with zero attached hydrogens (tertiary/aromatic N) is 1. The smallest absolute Gasteiger partial charge is 0.351 e. The molecule has 7 heteroatoms. The second kappa shape index (κ2) is 8.18. The van der Waals surface area contributed by atoms with Crippen molar-refractivity contribution in [3.63, 3.8) is 0 Å². The molecule has 3 N–H and O–H groups in total. The van der Waals surface area contributed by atoms with Crippen LogP contribution in [0.25, 0.3) is 0 Å². The minimum absolute atomic E-state index is 1.62. The summed E-state index contributed by atoms with van der Waals surface area (Å²) in [6.07, 6.45) is 5.08. The molecule has 0 aliphatic heterocycles. The van der Waals surface area contributed by atoms with E-state index in [1.54, 1.807) is 18.7 Å². The van der Waals surface area contributed by atoms with E-state index in [-0.39, 0.29) is 0 Å². The summed E-state index contributed by atoms with van der Waals surface area (Å²) in [6.45, 7) is 4.00. The van der Waals surface area contributed by atoms with E-state index in [1.807, 2.05) is 13.8 Å². The van der Waals surface area contributed by atoms with Gasteiger partial charge < -0.3 is 4.98 Å². The van der Waals surface area contributed by atoms with Crippen LogP contribution in [0.5, 0.6) is 0 Å². The standard InChI is InChI=1S/C3H4N2.C2H6.H2O4S/c1-2-5-3-4-1;1-2;1-5(2,3)4/h1-3H,(H,4,5);1-2H3;(H2,1,2,3,4). The highest BCUT2D eigenvalue weighted by molar-refractivity contribution is 7.79. The molecular weight excluding hydrogens is 184 g/mol. The SMILES string of the molecule is CC.O=S(=O)(O)O.c1c[nH]cn1. The monoisotopic (exact) mass is 196 g/mol. The summed E-state index contributed by atoms with van der Waals surface area (Å²) >= 11 is 0. The summed E-state index contributed by atoms with van der Waals surface area (Å²) in [5.74, 6) is 0. The highest BCUT2D eigenvalue weighted by Gasteiger charge is 1.84. The van der Waals surface area contributed by atoms with Gasteiger partial charge in [-0.2, -0.15) is 8.42 Å². The Labute approximate surface area is 71.2 Å². The van der Waals surface area contributed by atoms with Crippen LogP contribution in [0.4, 0.5) is 0 Å². The average molecular weight is 196 g/mol. The Morgan fingerprint density at radius 3 is 1.83 bits per heavy atom. The van der Waals surface area contributed by atoms with Gasteiger partial charge in [0.2, 0.25) is 0 Å². The summed E-state index contributed by atoms with van der Waals surface area (Å²) in [7, 11) is -4.67. The average Bonchev–Trinajstić information content (AvgIpc) is 2.41. The van der Waals surface area contributed by atoms with Gasteiger partial charge in [-0.1, -0.05) is 13.8 Å². The van der Waals surface area contributed by atoms with Gasteiger partial charge in [0.15, 0.2) is 0 Å². The molecule has 1 heterocycles. The summed E-state index contributed by atoms with van der Waals surface area (Å²) in [5.41, 5.74) is 0. The number of hydrogen-bond acceptors (Lipinski definition) is 3. The van der Waals surface area contributed by atoms with Crippen molar-refractivity contribution >= 4 is 10.4 Å². The fourth-order valence-electron chi connectivity index (χ4n) is 0.215. The first-order valence-electron chi connectivity index (χ1n) is 3.13. The predicted octanol–water partition coefficient (Wildman–Crippen LogP) is 0.783. The fraction of sp³-hybridized carbons (Fsp3) is 0.400. The molecule has 0 fully saturated rings. The molecule has 12 heavy (non-hydrogen) atoms. The lowest BCUT2D eigenvalue weighted by molar-refractivity contribution is 0.381. The van der Waals surface area contributed by atoms with Gasteiger partial charge in [0.25, 0.3) is 0 Å². The molecular formula is C5H12N2O4S. The van der Waals surface area contributed by atoms with Crippen LogP contribution in [0.15, 0.2) is 18.7 Å². The Morgan fingerprint density at radius 2 is 1.75 bits per heavy atom. The first-order chi connectivity index (χ1) is 5.50. The van der Waals surface area contributed by atoms with Crippen LogP contribution >= 0.6 is 0 Å². The van der Waals surface area contributed by atoms with Crippen molar-refractivity contribution in [1.82, 2.24) is 9.97 Å². The maximum atomic E-state index is 8.74. The van der Waals surface area contributed by atoms with Gasteiger partial charge in [0, 0.05) is 12.4 Å². The second-order valence-electron chi connectivity index (χ2n) is 1.21. The lowest BCUT2D eigenvalue weighted by Crippen LogP contribution is -1.89. The molecule has 0 radical (unpaired) electrons. The van der Waals surface area contributed by atoms with Gasteiger partial charge in [-0.05, 0) is 0 Å². The molecule has 0 bridgehead atoms. The maximum absolute atomic E-state index is 8.74. The number of imidazole rings is 1. The van der Waals surface area contributed by atoms with E-state index in [1.165, 1.54) is 0 Å². The first kappa shape index (κ1) is 13.7. The van der Waals surface area contributed by atoms with E-state index in [0.29, 0.717) is 0 Å². The van der Waals surface area contributed by atoms with E-state index in [0.717, 1.165) is 0 Å². The van der Waals surface area contributed by atoms with Crippen molar-refractivity contribution < 1.29 is 17.5 Å². The number of rotatable bonds is 0. The minimum atomic E-state index is -4.67. The molecule has 0 aromatic carbocycles. The largest absolute Gasteiger partial charge is 0.394 e. The van der Waals surface area contributed by atoms with Crippen LogP contribution in [0.1, 0.15) is 13.8 Å². The number of aromatic nitrogens is 2. The van der Waals surface area contributed by atoms with Crippen molar-refractivity contribution in [3.05, 3.63) is 18.7 Å². The Morgan fingerprint density at radius 1 is 1.33 bits per heavy atom. The second-order valence-corrected chi connectivity index (χ2v) is 2.10. The molecule has 1 rings (SSSR count). The Bertz CT molecular complexity index is 217. The predicted molar refractivity (Wildman–Crippen MR) is 44.1 cm³/mol. The maximum Gasteiger partial charge on any atom is 0.394 e. The molecule has 72 valence electrons. The summed E-state index contributed by atoms with van der Waals surface area (Å²) < 4.78 is 31.6. The van der Waals surface area contributed by atoms with Gasteiger partial charge >= 0.3 is 10.4 Å². The van der Waals surface area contributed by atoms with Crippen LogP contribution in [0, 0.1) is 0 Å². The van der Waals surface area contributed by atoms with E-state index in [9.17, 15) is 0 Å². The van der Waals surface area contributed by atoms with Gasteiger partial charge in [-0.25, -0.2) is 4.98 Å². The topological polar surface area (TPSA) is 103 Å². The highest BCUT2D eigenvalue weighted by Crippen LogP contribution is 1.62. The van der Waals surface area contributed by atoms with E-state index >= 15 is 0 Å². The van der Waals surface area contributed by atoms with Crippen LogP contribution in [0.3, 0.4) is 0 Å². The third kappa shape index (κ3) is 35.6. The number of aromatic amines is 1. The molecule has 0 aliphatic carbocycles. The van der Waals surface area contributed by atoms with Crippen molar-refractivity contribution in [2.45, 2.75) is 13.8 Å². The van der Waals surface area contributed by atoms with Gasteiger partial charge in [0.1, 0.15) is 0 Å². The molecule has 0 unspecified atom stereocenters. The van der Waals surface area contributed by atoms with Crippen molar-refractivity contribution in [1.29, 1.82) is 0 Å². The van der Waals surface area contributed by atoms with Crippen molar-refractivity contribution in [2.75, 3.05) is 0 Å². The molecule has 0 aliphatic rings. The molecule has 0 spiro atoms. The zero-order chi connectivity index (χ0) is 10.0. The zero-order valence-electron chi connectivity index (χ0n) is 6.80. The molecule has 0 saturated heterocycles. The molecule has 6 nitrogen and oxygen atoms in total. The van der Waals surface area contributed by atoms with Crippen molar-refractivity contribution in [3.8, 4) is 0 Å². The third-order valence-corrected chi connectivity index (χ3v) is 0.406. The van der Waals surface area contributed by atoms with Crippen LogP contribution < -0.4 is 0 Å². The highest BCUT2D eigenvalue weighted by atomic mass is 32.3. The van der Waals surface area contributed by atoms with Gasteiger partial charge in [-0.15, -0.1) is 0 Å². The summed E-state index contributed by atoms with van der Waals surface area (Å²) in [6, 6.07) is 0. The minimum Gasteiger partial charge on any atom is -0.351 e. The Balaban J connectivity index is 0. The number of nitrogens with one attached hydrogen (secondary N) is 1. The van der Waals surface area contributed by atoms with Crippen molar-refractivity contribution in [2.24, 2.45) is 0 Å². The Kier molecular flexibility index (Phi) is 9.31. The lowest BCUT2D eigenvalue weighted by atomic mass is 11.0. The zero-order valence-corrected chi connectivity index (χ0v) is 7.61. The lowest BCUT2D eigenvalue weighted by Gasteiger charge is -1.68. The normalized spacial score (nSPS) is 8.67. The summed E-state index contributed by atoms with van der Waals surface area (Å²) in [5, 5.41) is 0. The third-order valence-electron chi connectivity index (χ3n) is 0.406. The number of H-pyrrole nitrogens is 1. The number of hydrogen-bond donors (Lipinski definition) is 3. The Hall–Kier alpha value is -0.920. The van der Waals surface area contributed by atoms with Gasteiger partial charge in [0.05, 0.1) is 6.33 Å². The molecule has 1 aromatic heterocycles. The van der Waals surface area contributed by atoms with Crippen LogP contribution in [-0.2, 0) is 10.4 Å². The first-order valence-corrected chi connectivity index (χ1v) is 4.52. The van der Waals surface area contributed by atoms with E-state index < -0.39 is 10.4 Å². The summed E-state index contributed by atoms with van der Waals surface area (Å²) in [4.78, 5) is 6.42. The molecule has 0 atom stereocenters. The van der Waals surface area contributed by atoms with E-state index in [2.05, 4.69) is 9.97 Å². The molecule has 1 aromatic rings. The van der Waals surface area contributed by atoms with E-state index in [4.69, 9.17) is 17.5 Å². The quantitative estimate of drug-likeness (QED) is 0.532. The van der Waals surface area contributed by atoms with Crippen LogP contribution in [-0.4, -0.2) is 27.5 Å². The van der Waals surface area contributed by atoms with Crippen LogP contribution in [0.2, 0.25) is 0 Å². The molecule has 0 saturated carbocycles.